The van der Waals surface area contributed by atoms with Gasteiger partial charge in [-0.25, -0.2) is 4.79 Å². The summed E-state index contributed by atoms with van der Waals surface area (Å²) < 4.78 is 9.93. The molecule has 2 amide bonds. The van der Waals surface area contributed by atoms with Crippen LogP contribution < -0.4 is 10.9 Å². The Morgan fingerprint density at radius 3 is 2.44 bits per heavy atom. The van der Waals surface area contributed by atoms with Crippen LogP contribution in [0.2, 0.25) is 0 Å². The number of nitro groups is 1. The number of nitrogens with one attached hydrogen (secondary N) is 2. The van der Waals surface area contributed by atoms with E-state index < -0.39 is 29.3 Å². The van der Waals surface area contributed by atoms with Crippen molar-refractivity contribution in [3.63, 3.8) is 0 Å². The fraction of sp³-hybridized carbons (Fsp3) is 0.118. The van der Waals surface area contributed by atoms with E-state index in [9.17, 15) is 24.5 Å². The molecule has 0 saturated heterocycles. The van der Waals surface area contributed by atoms with Crippen molar-refractivity contribution in [1.82, 2.24) is 10.9 Å². The molecular formula is C17H15N3O7. The zero-order chi connectivity index (χ0) is 19.8. The summed E-state index contributed by atoms with van der Waals surface area (Å²) in [4.78, 5) is 44.8. The van der Waals surface area contributed by atoms with Crippen LogP contribution in [0.4, 0.5) is 5.69 Å². The molecule has 10 heteroatoms. The lowest BCUT2D eigenvalue weighted by Gasteiger charge is -2.07. The van der Waals surface area contributed by atoms with Crippen molar-refractivity contribution in [3.05, 3.63) is 69.7 Å². The highest BCUT2D eigenvalue weighted by Crippen LogP contribution is 2.11. The van der Waals surface area contributed by atoms with Crippen LogP contribution in [-0.4, -0.2) is 29.3 Å². The first kappa shape index (κ1) is 19.4. The standard InChI is InChI=1S/C17H15N3O7/c1-11-2-7-14(27-11)8-9-16(22)26-10-15(21)18-19-17(23)12-3-5-13(6-4-12)20(24)25/h2-9H,10H2,1H3,(H,18,21)(H,19,23)/b9-8+. The summed E-state index contributed by atoms with van der Waals surface area (Å²) in [7, 11) is 0. The van der Waals surface area contributed by atoms with Crippen molar-refractivity contribution in [2.45, 2.75) is 6.92 Å². The summed E-state index contributed by atoms with van der Waals surface area (Å²) in [6, 6.07) is 8.18. The molecule has 1 heterocycles. The fourth-order valence-corrected chi connectivity index (χ4v) is 1.85. The Bertz CT molecular complexity index is 884. The van der Waals surface area contributed by atoms with E-state index in [1.54, 1.807) is 19.1 Å². The number of esters is 1. The molecule has 27 heavy (non-hydrogen) atoms. The number of ether oxygens (including phenoxy) is 1. The van der Waals surface area contributed by atoms with Gasteiger partial charge in [-0.1, -0.05) is 0 Å². The van der Waals surface area contributed by atoms with Gasteiger partial charge in [-0.15, -0.1) is 0 Å². The lowest BCUT2D eigenvalue weighted by atomic mass is 10.2. The van der Waals surface area contributed by atoms with Crippen molar-refractivity contribution in [2.75, 3.05) is 6.61 Å². The number of hydrazine groups is 1. The number of carbonyl (C=O) groups is 3. The van der Waals surface area contributed by atoms with E-state index in [1.807, 2.05) is 0 Å². The molecule has 0 spiro atoms. The topological polar surface area (TPSA) is 141 Å². The van der Waals surface area contributed by atoms with Crippen LogP contribution in [-0.2, 0) is 14.3 Å². The normalized spacial score (nSPS) is 10.4. The van der Waals surface area contributed by atoms with Gasteiger partial charge in [-0.2, -0.15) is 0 Å². The van der Waals surface area contributed by atoms with Gasteiger partial charge in [0.1, 0.15) is 11.5 Å². The third-order valence-corrected chi connectivity index (χ3v) is 3.15. The molecule has 1 aromatic heterocycles. The van der Waals surface area contributed by atoms with Gasteiger partial charge in [-0.05, 0) is 37.3 Å². The number of hydrogen-bond donors (Lipinski definition) is 2. The molecule has 0 aliphatic rings. The molecule has 0 fully saturated rings. The predicted molar refractivity (Wildman–Crippen MR) is 92.1 cm³/mol. The molecular weight excluding hydrogens is 358 g/mol. The first-order valence-corrected chi connectivity index (χ1v) is 7.60. The van der Waals surface area contributed by atoms with E-state index in [-0.39, 0.29) is 11.3 Å². The highest BCUT2D eigenvalue weighted by molar-refractivity contribution is 5.96. The van der Waals surface area contributed by atoms with E-state index in [1.165, 1.54) is 18.2 Å². The van der Waals surface area contributed by atoms with E-state index in [0.717, 1.165) is 18.2 Å². The molecule has 0 unspecified atom stereocenters. The highest BCUT2D eigenvalue weighted by atomic mass is 16.6. The van der Waals surface area contributed by atoms with Gasteiger partial charge in [0, 0.05) is 23.8 Å². The zero-order valence-corrected chi connectivity index (χ0v) is 14.1. The smallest absolute Gasteiger partial charge is 0.331 e. The molecule has 0 atom stereocenters. The van der Waals surface area contributed by atoms with Gasteiger partial charge < -0.3 is 9.15 Å². The van der Waals surface area contributed by atoms with Gasteiger partial charge in [0.15, 0.2) is 6.61 Å². The van der Waals surface area contributed by atoms with Crippen molar-refractivity contribution in [2.24, 2.45) is 0 Å². The average Bonchev–Trinajstić information content (AvgIpc) is 3.08. The molecule has 140 valence electrons. The van der Waals surface area contributed by atoms with E-state index in [0.29, 0.717) is 11.5 Å². The first-order valence-electron chi connectivity index (χ1n) is 7.60. The maximum absolute atomic E-state index is 11.8. The monoisotopic (exact) mass is 373 g/mol. The zero-order valence-electron chi connectivity index (χ0n) is 14.1. The highest BCUT2D eigenvalue weighted by Gasteiger charge is 2.11. The molecule has 2 N–H and O–H groups in total. The van der Waals surface area contributed by atoms with Crippen molar-refractivity contribution in [3.8, 4) is 0 Å². The summed E-state index contributed by atoms with van der Waals surface area (Å²) in [5, 5.41) is 10.5. The maximum Gasteiger partial charge on any atom is 0.331 e. The second kappa shape index (κ2) is 8.94. The summed E-state index contributed by atoms with van der Waals surface area (Å²) in [6.07, 6.45) is 2.49. The van der Waals surface area contributed by atoms with Gasteiger partial charge in [0.2, 0.25) is 0 Å². The number of nitrogens with zero attached hydrogens (tertiary/aromatic N) is 1. The van der Waals surface area contributed by atoms with Gasteiger partial charge in [-0.3, -0.25) is 30.6 Å². The molecule has 0 aliphatic heterocycles. The van der Waals surface area contributed by atoms with Crippen molar-refractivity contribution >= 4 is 29.5 Å². The van der Waals surface area contributed by atoms with Gasteiger partial charge in [0.25, 0.3) is 17.5 Å². The Kier molecular flexibility index (Phi) is 6.42. The third-order valence-electron chi connectivity index (χ3n) is 3.15. The van der Waals surface area contributed by atoms with Crippen molar-refractivity contribution < 1.29 is 28.5 Å². The number of aryl methyl sites for hydroxylation is 1. The minimum Gasteiger partial charge on any atom is -0.462 e. The molecule has 0 aliphatic carbocycles. The third kappa shape index (κ3) is 6.12. The summed E-state index contributed by atoms with van der Waals surface area (Å²) in [5.74, 6) is -1.06. The molecule has 0 saturated carbocycles. The van der Waals surface area contributed by atoms with Crippen LogP contribution in [0, 0.1) is 17.0 Å². The van der Waals surface area contributed by atoms with Crippen molar-refractivity contribution in [1.29, 1.82) is 0 Å². The number of hydrogen-bond acceptors (Lipinski definition) is 7. The lowest BCUT2D eigenvalue weighted by molar-refractivity contribution is -0.384. The van der Waals surface area contributed by atoms with Crippen LogP contribution in [0.3, 0.4) is 0 Å². The second-order valence-corrected chi connectivity index (χ2v) is 5.20. The summed E-state index contributed by atoms with van der Waals surface area (Å²) >= 11 is 0. The number of benzene rings is 1. The Hall–Kier alpha value is -3.95. The molecule has 0 bridgehead atoms. The Morgan fingerprint density at radius 1 is 1.15 bits per heavy atom. The van der Waals surface area contributed by atoms with Crippen LogP contribution >= 0.6 is 0 Å². The molecule has 0 radical (unpaired) electrons. The first-order chi connectivity index (χ1) is 12.8. The minimum absolute atomic E-state index is 0.106. The van der Waals surface area contributed by atoms with Crippen LogP contribution in [0.25, 0.3) is 6.08 Å². The number of furan rings is 1. The van der Waals surface area contributed by atoms with E-state index in [4.69, 9.17) is 9.15 Å². The minimum atomic E-state index is -0.763. The SMILES string of the molecule is Cc1ccc(/C=C/C(=O)OCC(=O)NNC(=O)c2ccc([N+](=O)[O-])cc2)o1. The second-order valence-electron chi connectivity index (χ2n) is 5.20. The van der Waals surface area contributed by atoms with Crippen LogP contribution in [0.5, 0.6) is 0 Å². The summed E-state index contributed by atoms with van der Waals surface area (Å²) in [5.41, 5.74) is 4.10. The fourth-order valence-electron chi connectivity index (χ4n) is 1.85. The van der Waals surface area contributed by atoms with E-state index in [2.05, 4.69) is 10.9 Å². The molecule has 10 nitrogen and oxygen atoms in total. The number of nitro benzene ring substituents is 1. The molecule has 2 aromatic rings. The quantitative estimate of drug-likeness (QED) is 0.338. The van der Waals surface area contributed by atoms with Gasteiger partial charge >= 0.3 is 5.97 Å². The van der Waals surface area contributed by atoms with Gasteiger partial charge in [0.05, 0.1) is 4.92 Å². The number of rotatable bonds is 6. The summed E-state index contributed by atoms with van der Waals surface area (Å²) in [6.45, 7) is 1.14. The Morgan fingerprint density at radius 2 is 1.85 bits per heavy atom. The number of amides is 2. The lowest BCUT2D eigenvalue weighted by Crippen LogP contribution is -2.43. The number of carbonyl (C=O) groups excluding carboxylic acids is 3. The maximum atomic E-state index is 11.8. The van der Waals surface area contributed by atoms with E-state index >= 15 is 0 Å². The van der Waals surface area contributed by atoms with Crippen LogP contribution in [0.1, 0.15) is 21.9 Å². The largest absolute Gasteiger partial charge is 0.462 e. The Balaban J connectivity index is 1.73. The molecule has 1 aromatic carbocycles. The predicted octanol–water partition coefficient (Wildman–Crippen LogP) is 1.51. The molecule has 2 rings (SSSR count). The number of non-ortho nitro benzene ring substituents is 1. The van der Waals surface area contributed by atoms with Crippen LogP contribution in [0.15, 0.2) is 46.9 Å². The Labute approximate surface area is 152 Å². The average molecular weight is 373 g/mol.